The van der Waals surface area contributed by atoms with E-state index >= 15 is 0 Å². The van der Waals surface area contributed by atoms with E-state index < -0.39 is 0 Å². The molecule has 0 amide bonds. The Kier molecular flexibility index (Phi) is 357. The molecule has 0 aromatic rings. The van der Waals surface area contributed by atoms with Crippen LogP contribution in [0.2, 0.25) is 0 Å². The minimum absolute atomic E-state index is 0. The van der Waals surface area contributed by atoms with Gasteiger partial charge in [-0.05, 0) is 11.0 Å². The third kappa shape index (κ3) is 25.7. The minimum Gasteiger partial charge on any atom is 0 e. The third-order valence-electron chi connectivity index (χ3n) is 0. The smallest absolute Gasteiger partial charge is 0 e. The molecule has 3 radical (unpaired) electrons. The van der Waals surface area contributed by atoms with E-state index in [4.69, 9.17) is 0 Å². The van der Waals surface area contributed by atoms with Gasteiger partial charge in [0.25, 0.3) is 0 Å². The molecule has 0 saturated heterocycles. The molecule has 0 nitrogen and oxygen atoms in total. The molecule has 35 valence electrons. The van der Waals surface area contributed by atoms with E-state index in [-0.39, 0.29) is 117 Å². The summed E-state index contributed by atoms with van der Waals surface area (Å²) < 4.78 is 0. The van der Waals surface area contributed by atoms with Crippen LogP contribution in [0.4, 0.5) is 0 Å². The fourth-order valence-electron chi connectivity index (χ4n) is 0. The van der Waals surface area contributed by atoms with E-state index in [0.717, 1.165) is 0 Å². The first kappa shape index (κ1) is 55.4. The maximum absolute atomic E-state index is 0. The Morgan fingerprint density at radius 3 is 1.17 bits per heavy atom. The van der Waals surface area contributed by atoms with Crippen molar-refractivity contribution in [1.29, 1.82) is 0 Å². The van der Waals surface area contributed by atoms with Crippen LogP contribution in [-0.2, 0) is 38.8 Å². The molecule has 0 aliphatic carbocycles. The van der Waals surface area contributed by atoms with Crippen molar-refractivity contribution in [2.75, 3.05) is 0 Å². The quantitative estimate of drug-likeness (QED) is 0.404. The molecule has 0 rings (SSSR count). The second-order valence-corrected chi connectivity index (χ2v) is 0. The average molecular weight is 312 g/mol. The van der Waals surface area contributed by atoms with Crippen LogP contribution in [0.15, 0.2) is 0 Å². The second-order valence-electron chi connectivity index (χ2n) is 0. The summed E-state index contributed by atoms with van der Waals surface area (Å²) >= 11 is 0. The predicted octanol–water partition coefficient (Wildman–Crippen LogP) is -3.71. The topological polar surface area (TPSA) is 0 Å². The maximum Gasteiger partial charge on any atom is 0 e. The molecule has 0 heterocycles. The first-order valence-electron chi connectivity index (χ1n) is 0. The summed E-state index contributed by atoms with van der Waals surface area (Å²) in [6, 6.07) is 0. The van der Waals surface area contributed by atoms with Crippen LogP contribution in [-0.4, -0.2) is 75.3 Å². The Hall–Kier alpha value is 3.55. The molecular formula is H11AlMgMnSiSnTi. The van der Waals surface area contributed by atoms with Gasteiger partial charge in [-0.25, -0.2) is 0 Å². The van der Waals surface area contributed by atoms with Gasteiger partial charge in [-0.3, -0.25) is 0 Å². The van der Waals surface area contributed by atoms with Gasteiger partial charge in [-0.15, -0.1) is 0 Å². The van der Waals surface area contributed by atoms with Gasteiger partial charge < -0.3 is 2.85 Å². The molecule has 0 aliphatic heterocycles. The second kappa shape index (κ2) is 38.7. The summed E-state index contributed by atoms with van der Waals surface area (Å²) in [5.74, 6) is 0. The molecule has 0 unspecified atom stereocenters. The molecule has 6 heavy (non-hydrogen) atoms. The van der Waals surface area contributed by atoms with E-state index in [9.17, 15) is 0 Å². The summed E-state index contributed by atoms with van der Waals surface area (Å²) in [4.78, 5) is 0. The van der Waals surface area contributed by atoms with Gasteiger partial charge in [0.15, 0.2) is 17.4 Å². The molecule has 0 aromatic heterocycles. The molecule has 0 fully saturated rings. The maximum atomic E-state index is 0. The van der Waals surface area contributed by atoms with Gasteiger partial charge in [0.1, 0.15) is 0 Å². The fraction of sp³-hybridized carbons (Fsp3) is 0. The van der Waals surface area contributed by atoms with Gasteiger partial charge in [-0.1, -0.05) is 0 Å². The van der Waals surface area contributed by atoms with Crippen molar-refractivity contribution in [2.45, 2.75) is 0 Å². The summed E-state index contributed by atoms with van der Waals surface area (Å²) in [7, 11) is 0. The van der Waals surface area contributed by atoms with Crippen molar-refractivity contribution in [3.8, 4) is 0 Å². The SMILES string of the molecule is [AlH3].[H-].[H-].[Mg+2].[Mn].[SiH4].[SnH2].[Ti]. The van der Waals surface area contributed by atoms with Crippen LogP contribution in [0.5, 0.6) is 0 Å². The van der Waals surface area contributed by atoms with Crippen molar-refractivity contribution < 1.29 is 41.6 Å². The molecule has 0 spiro atoms. The summed E-state index contributed by atoms with van der Waals surface area (Å²) in [5.41, 5.74) is 0. The van der Waals surface area contributed by atoms with E-state index in [0.29, 0.717) is 0 Å². The van der Waals surface area contributed by atoms with Crippen LogP contribution in [0, 0.1) is 0 Å². The van der Waals surface area contributed by atoms with Gasteiger partial charge in [0.05, 0.1) is 0 Å². The molecule has 6 heteroatoms. The molecular weight excluding hydrogens is 301 g/mol. The Bertz CT molecular complexity index is 22.0. The first-order chi connectivity index (χ1) is 0. The van der Waals surface area contributed by atoms with Crippen molar-refractivity contribution in [1.82, 2.24) is 0 Å². The molecule has 0 aromatic carbocycles. The Labute approximate surface area is 115 Å². The van der Waals surface area contributed by atoms with Crippen LogP contribution >= 0.6 is 0 Å². The van der Waals surface area contributed by atoms with E-state index in [1.807, 2.05) is 0 Å². The molecule has 0 N–H and O–H groups in total. The normalized spacial score (nSPS) is 0. The van der Waals surface area contributed by atoms with Crippen molar-refractivity contribution in [3.05, 3.63) is 0 Å². The van der Waals surface area contributed by atoms with Gasteiger partial charge in [0, 0.05) is 38.8 Å². The molecule has 0 saturated carbocycles. The summed E-state index contributed by atoms with van der Waals surface area (Å²) in [6.07, 6.45) is 0. The predicted molar refractivity (Wildman–Crippen MR) is 37.8 cm³/mol. The first-order valence-corrected chi connectivity index (χ1v) is 0. The number of rotatable bonds is 0. The Balaban J connectivity index is 0. The third-order valence-corrected chi connectivity index (χ3v) is 0. The number of hydrogen-bond donors (Lipinski definition) is 0. The van der Waals surface area contributed by atoms with Crippen LogP contribution < -0.4 is 0 Å². The summed E-state index contributed by atoms with van der Waals surface area (Å²) in [5, 5.41) is 0. The van der Waals surface area contributed by atoms with Crippen LogP contribution in [0.3, 0.4) is 0 Å². The monoisotopic (exact) mass is 313 g/mol. The zero-order valence-electron chi connectivity index (χ0n) is 4.29. The fourth-order valence-corrected chi connectivity index (χ4v) is 0. The van der Waals surface area contributed by atoms with Crippen molar-refractivity contribution in [3.63, 3.8) is 0 Å². The van der Waals surface area contributed by atoms with E-state index in [1.54, 1.807) is 0 Å². The number of hydrogen-bond acceptors (Lipinski definition) is 0. The summed E-state index contributed by atoms with van der Waals surface area (Å²) in [6.45, 7) is 0. The van der Waals surface area contributed by atoms with Gasteiger partial charge >= 0.3 is 47.0 Å². The van der Waals surface area contributed by atoms with Crippen LogP contribution in [0.1, 0.15) is 2.85 Å². The molecule has 0 atom stereocenters. The largest absolute Gasteiger partial charge is 0 e. The molecule has 0 aliphatic rings. The Morgan fingerprint density at radius 1 is 1.17 bits per heavy atom. The average Bonchev–Trinajstić information content (AvgIpc) is 0. The van der Waals surface area contributed by atoms with Crippen LogP contribution in [0.25, 0.3) is 0 Å². The van der Waals surface area contributed by atoms with E-state index in [1.165, 1.54) is 0 Å². The Morgan fingerprint density at radius 2 is 1.17 bits per heavy atom. The van der Waals surface area contributed by atoms with E-state index in [2.05, 4.69) is 0 Å². The van der Waals surface area contributed by atoms with Gasteiger partial charge in [-0.2, -0.15) is 0 Å². The standard InChI is InChI=1S/Al.Mg.Mn.H4Si.Sn.Ti.7H/h;;;1H4;;;;;;;;;/q;+2;;;;;;;;;;2*-1. The molecule has 0 bridgehead atoms. The minimum atomic E-state index is 0. The van der Waals surface area contributed by atoms with Gasteiger partial charge in [0.2, 0.25) is 0 Å². The zero-order chi connectivity index (χ0) is 0. The zero-order valence-corrected chi connectivity index (χ0v) is 10.5. The van der Waals surface area contributed by atoms with Crippen molar-refractivity contribution >= 4 is 75.3 Å². The van der Waals surface area contributed by atoms with Crippen molar-refractivity contribution in [2.24, 2.45) is 0 Å².